The average Bonchev–Trinajstić information content (AvgIpc) is 3.31. The van der Waals surface area contributed by atoms with Crippen LogP contribution in [0.4, 0.5) is 10.1 Å². The zero-order valence-corrected chi connectivity index (χ0v) is 22.6. The van der Waals surface area contributed by atoms with Crippen molar-refractivity contribution in [2.75, 3.05) is 5.32 Å². The number of carbonyl (C=O) groups excluding carboxylic acids is 1. The third kappa shape index (κ3) is 5.22. The van der Waals surface area contributed by atoms with Crippen molar-refractivity contribution in [2.45, 2.75) is 13.8 Å². The van der Waals surface area contributed by atoms with E-state index in [1.807, 2.05) is 26.1 Å². The number of allylic oxidation sites excluding steroid dienone is 1. The Labute approximate surface area is 234 Å². The minimum atomic E-state index is -0.577. The molecule has 0 atom stereocenters. The first-order valence-electron chi connectivity index (χ1n) is 12.7. The highest BCUT2D eigenvalue weighted by molar-refractivity contribution is 6.10. The molecule has 4 N–H and O–H groups in total. The van der Waals surface area contributed by atoms with Crippen molar-refractivity contribution >= 4 is 34.3 Å². The maximum Gasteiger partial charge on any atom is 0.268 e. The van der Waals surface area contributed by atoms with Crippen molar-refractivity contribution in [3.63, 3.8) is 0 Å². The van der Waals surface area contributed by atoms with Crippen LogP contribution in [0.5, 0.6) is 11.5 Å². The third-order valence-corrected chi connectivity index (χ3v) is 6.75. The molecular weight excluding hydrogens is 523 g/mol. The Morgan fingerprint density at radius 1 is 1.02 bits per heavy atom. The van der Waals surface area contributed by atoms with Crippen LogP contribution in [-0.4, -0.2) is 26.5 Å². The monoisotopic (exact) mass is 550 g/mol. The van der Waals surface area contributed by atoms with Gasteiger partial charge in [0.05, 0.1) is 11.7 Å². The van der Waals surface area contributed by atoms with E-state index >= 15 is 0 Å². The van der Waals surface area contributed by atoms with Gasteiger partial charge >= 0.3 is 0 Å². The molecule has 41 heavy (non-hydrogen) atoms. The number of carbonyl (C=O) groups is 1. The van der Waals surface area contributed by atoms with Crippen molar-refractivity contribution in [2.24, 2.45) is 12.8 Å². The van der Waals surface area contributed by atoms with Gasteiger partial charge in [-0.25, -0.2) is 4.39 Å². The average molecular weight is 551 g/mol. The van der Waals surface area contributed by atoms with Crippen molar-refractivity contribution in [1.82, 2.24) is 14.3 Å². The quantitative estimate of drug-likeness (QED) is 0.231. The van der Waals surface area contributed by atoms with E-state index in [0.29, 0.717) is 39.7 Å². The summed E-state index contributed by atoms with van der Waals surface area (Å²) in [5, 5.41) is 15.7. The molecule has 0 saturated heterocycles. The number of aryl methyl sites for hydroxylation is 3. The van der Waals surface area contributed by atoms with Gasteiger partial charge in [0.2, 0.25) is 0 Å². The molecular formula is C31H27FN6O3. The van der Waals surface area contributed by atoms with Crippen LogP contribution in [0.2, 0.25) is 0 Å². The van der Waals surface area contributed by atoms with Crippen LogP contribution < -0.4 is 21.3 Å². The van der Waals surface area contributed by atoms with E-state index in [1.165, 1.54) is 41.1 Å². The number of amides is 1. The van der Waals surface area contributed by atoms with Gasteiger partial charge in [0.1, 0.15) is 22.9 Å². The Bertz CT molecular complexity index is 1900. The zero-order chi connectivity index (χ0) is 29.3. The van der Waals surface area contributed by atoms with Crippen LogP contribution >= 0.6 is 0 Å². The molecule has 5 aromatic rings. The zero-order valence-electron chi connectivity index (χ0n) is 22.6. The third-order valence-electron chi connectivity index (χ3n) is 6.75. The summed E-state index contributed by atoms with van der Waals surface area (Å²) in [5.74, 6) is 0.0254. The number of aromatic nitrogens is 3. The Balaban J connectivity index is 1.42. The Morgan fingerprint density at radius 3 is 2.46 bits per heavy atom. The number of rotatable bonds is 7. The number of benzene rings is 3. The number of anilines is 1. The molecule has 0 unspecified atom stereocenters. The van der Waals surface area contributed by atoms with Gasteiger partial charge in [-0.15, -0.1) is 0 Å². The highest BCUT2D eigenvalue weighted by atomic mass is 19.1. The molecule has 1 amide bonds. The summed E-state index contributed by atoms with van der Waals surface area (Å²) in [4.78, 5) is 26.3. The van der Waals surface area contributed by atoms with Crippen molar-refractivity contribution in [3.8, 4) is 17.2 Å². The molecule has 206 valence electrons. The first-order valence-corrected chi connectivity index (χ1v) is 12.7. The van der Waals surface area contributed by atoms with Crippen molar-refractivity contribution in [1.29, 1.82) is 5.41 Å². The van der Waals surface area contributed by atoms with Crippen LogP contribution in [-0.2, 0) is 7.05 Å². The molecule has 10 heteroatoms. The van der Waals surface area contributed by atoms with E-state index in [-0.39, 0.29) is 5.56 Å². The normalized spacial score (nSPS) is 11.5. The molecule has 5 rings (SSSR count). The number of hydrogen-bond donors (Lipinski definition) is 3. The van der Waals surface area contributed by atoms with Gasteiger partial charge in [0, 0.05) is 53.1 Å². The lowest BCUT2D eigenvalue weighted by molar-refractivity contribution is 0.102. The highest BCUT2D eigenvalue weighted by Crippen LogP contribution is 2.35. The van der Waals surface area contributed by atoms with Crippen LogP contribution in [0.3, 0.4) is 0 Å². The summed E-state index contributed by atoms with van der Waals surface area (Å²) in [6, 6.07) is 17.4. The number of hydrogen-bond acceptors (Lipinski definition) is 6. The van der Waals surface area contributed by atoms with E-state index in [9.17, 15) is 14.0 Å². The fraction of sp³-hybridized carbons (Fsp3) is 0.0968. The molecule has 0 fully saturated rings. The lowest BCUT2D eigenvalue weighted by atomic mass is 10.0. The van der Waals surface area contributed by atoms with Gasteiger partial charge in [-0.3, -0.25) is 18.8 Å². The molecule has 2 heterocycles. The lowest BCUT2D eigenvalue weighted by Gasteiger charge is -2.15. The van der Waals surface area contributed by atoms with Gasteiger partial charge in [-0.05, 0) is 86.1 Å². The number of nitrogens with zero attached hydrogens (tertiary/aromatic N) is 3. The van der Waals surface area contributed by atoms with Gasteiger partial charge < -0.3 is 21.2 Å². The predicted molar refractivity (Wildman–Crippen MR) is 158 cm³/mol. The van der Waals surface area contributed by atoms with Gasteiger partial charge in [0.25, 0.3) is 11.5 Å². The van der Waals surface area contributed by atoms with Gasteiger partial charge in [-0.1, -0.05) is 0 Å². The second-order valence-corrected chi connectivity index (χ2v) is 9.48. The standard InChI is InChI=1S/C31H27FN6O3/c1-18-12-23(36-30(39)25-10-4-19(2)38(31(25)40)24-8-5-22(32)6-9-24)7-11-28(18)41-29-13-20-17-35-37(3)27(20)14-26(29)21(15-33)16-34/h4-17,33H,34H2,1-3H3,(H,36,39)/b21-16+,33-15?. The number of nitrogens with two attached hydrogens (primary N) is 1. The molecule has 0 aliphatic carbocycles. The smallest absolute Gasteiger partial charge is 0.268 e. The molecule has 0 aliphatic rings. The summed E-state index contributed by atoms with van der Waals surface area (Å²) in [7, 11) is 1.83. The molecule has 0 aliphatic heterocycles. The Morgan fingerprint density at radius 2 is 1.78 bits per heavy atom. The number of halogens is 1. The molecule has 0 saturated carbocycles. The SMILES string of the molecule is Cc1cc(NC(=O)c2ccc(C)n(-c3ccc(F)cc3)c2=O)ccc1Oc1cc2cnn(C)c2cc1/C(C=N)=C/N. The van der Waals surface area contributed by atoms with Crippen LogP contribution in [0.25, 0.3) is 22.2 Å². The fourth-order valence-corrected chi connectivity index (χ4v) is 4.58. The van der Waals surface area contributed by atoms with Gasteiger partial charge in [0.15, 0.2) is 0 Å². The first kappa shape index (κ1) is 27.1. The van der Waals surface area contributed by atoms with Crippen LogP contribution in [0.1, 0.15) is 27.2 Å². The molecule has 0 spiro atoms. The summed E-state index contributed by atoms with van der Waals surface area (Å²) in [6.07, 6.45) is 4.23. The number of nitrogens with one attached hydrogen (secondary N) is 2. The summed E-state index contributed by atoms with van der Waals surface area (Å²) in [6.45, 7) is 3.57. The van der Waals surface area contributed by atoms with Crippen LogP contribution in [0, 0.1) is 25.1 Å². The number of ether oxygens (including phenoxy) is 1. The molecule has 0 radical (unpaired) electrons. The van der Waals surface area contributed by atoms with Crippen molar-refractivity contribution in [3.05, 3.63) is 118 Å². The highest BCUT2D eigenvalue weighted by Gasteiger charge is 2.17. The summed E-state index contributed by atoms with van der Waals surface area (Å²) < 4.78 is 22.8. The van der Waals surface area contributed by atoms with Gasteiger partial charge in [-0.2, -0.15) is 5.10 Å². The van der Waals surface area contributed by atoms with E-state index in [1.54, 1.807) is 42.1 Å². The first-order chi connectivity index (χ1) is 19.7. The Kier molecular flexibility index (Phi) is 7.22. The summed E-state index contributed by atoms with van der Waals surface area (Å²) >= 11 is 0. The molecule has 2 aromatic heterocycles. The largest absolute Gasteiger partial charge is 0.456 e. The van der Waals surface area contributed by atoms with E-state index < -0.39 is 17.3 Å². The molecule has 0 bridgehead atoms. The second kappa shape index (κ2) is 10.9. The maximum absolute atomic E-state index is 13.4. The maximum atomic E-state index is 13.4. The van der Waals surface area contributed by atoms with Crippen LogP contribution in [0.15, 0.2) is 83.9 Å². The topological polar surface area (TPSA) is 128 Å². The lowest BCUT2D eigenvalue weighted by Crippen LogP contribution is -2.29. The van der Waals surface area contributed by atoms with Crippen molar-refractivity contribution < 1.29 is 13.9 Å². The minimum absolute atomic E-state index is 0.0555. The second-order valence-electron chi connectivity index (χ2n) is 9.48. The Hall–Kier alpha value is -5.51. The van der Waals surface area contributed by atoms with E-state index in [2.05, 4.69) is 10.4 Å². The van der Waals surface area contributed by atoms with E-state index in [0.717, 1.165) is 22.7 Å². The molecule has 9 nitrogen and oxygen atoms in total. The fourth-order valence-electron chi connectivity index (χ4n) is 4.58. The minimum Gasteiger partial charge on any atom is -0.456 e. The number of fused-ring (bicyclic) bond motifs is 1. The predicted octanol–water partition coefficient (Wildman–Crippen LogP) is 5.47. The summed E-state index contributed by atoms with van der Waals surface area (Å²) in [5.41, 5.74) is 9.44. The molecule has 3 aromatic carbocycles. The number of pyridine rings is 1. The van der Waals surface area contributed by atoms with E-state index in [4.69, 9.17) is 15.9 Å².